The van der Waals surface area contributed by atoms with Gasteiger partial charge in [0, 0.05) is 98.9 Å². The third kappa shape index (κ3) is 14.1. The number of methoxy groups -OCH3 is 8. The van der Waals surface area contributed by atoms with Gasteiger partial charge in [-0.2, -0.15) is 0 Å². The van der Waals surface area contributed by atoms with E-state index in [1.54, 1.807) is 79.6 Å². The molecular weight excluding hydrogens is 1310 g/mol. The average molecular weight is 1380 g/mol. The van der Waals surface area contributed by atoms with Crippen molar-refractivity contribution >= 4 is 90.9 Å². The molecule has 12 nitrogen and oxygen atoms in total. The molecule has 12 aromatic carbocycles. The standard InChI is InChI=1S/C88H74N4O8S2/c1-93-75-41-25-67(26-42-75)89(68-27-43-76(94-2)44-28-68)63-17-9-59(10-18-63)85-57-83(87(101-85)61-13-21-65(22-14-61)91(71-33-49-79(97-5)50-34-71)72-35-51-80(98-6)52-36-72)84-58-86(60-11-19-64(20-12-60)90(69-29-45-77(95-3)46-30-69)70-31-47-78(96-4)48-32-70)102-88(84)62-15-23-66(24-16-62)92(73-37-53-81(99-7)54-38-73)74-39-55-82(100-8)56-40-74/h9-58H,1-8H3. The number of benzene rings is 12. The summed E-state index contributed by atoms with van der Waals surface area (Å²) in [6, 6.07) is 106. The van der Waals surface area contributed by atoms with E-state index >= 15 is 0 Å². The summed E-state index contributed by atoms with van der Waals surface area (Å²) in [6.45, 7) is 0. The number of anilines is 12. The minimum absolute atomic E-state index is 0.778. The Balaban J connectivity index is 0.931. The van der Waals surface area contributed by atoms with E-state index in [0.29, 0.717) is 0 Å². The second-order valence-corrected chi connectivity index (χ2v) is 25.9. The van der Waals surface area contributed by atoms with Gasteiger partial charge in [0.25, 0.3) is 0 Å². The van der Waals surface area contributed by atoms with Gasteiger partial charge >= 0.3 is 0 Å². The minimum Gasteiger partial charge on any atom is -0.497 e. The molecule has 0 unspecified atom stereocenters. The quantitative estimate of drug-likeness (QED) is 0.0546. The van der Waals surface area contributed by atoms with E-state index in [1.807, 2.05) is 97.1 Å². The summed E-state index contributed by atoms with van der Waals surface area (Å²) < 4.78 is 44.9. The molecule has 0 bridgehead atoms. The Hall–Kier alpha value is -12.4. The molecule has 0 aliphatic rings. The molecule has 0 radical (unpaired) electrons. The first-order valence-corrected chi connectivity index (χ1v) is 34.8. The fourth-order valence-corrected chi connectivity index (χ4v) is 15.0. The van der Waals surface area contributed by atoms with E-state index in [4.69, 9.17) is 37.9 Å². The first kappa shape index (κ1) is 66.9. The summed E-state index contributed by atoms with van der Waals surface area (Å²) in [4.78, 5) is 13.5. The third-order valence-electron chi connectivity index (χ3n) is 18.0. The first-order valence-electron chi connectivity index (χ1n) is 33.2. The predicted molar refractivity (Wildman–Crippen MR) is 421 cm³/mol. The fourth-order valence-electron chi connectivity index (χ4n) is 12.6. The topological polar surface area (TPSA) is 86.8 Å². The highest BCUT2D eigenvalue weighted by Crippen LogP contribution is 2.53. The van der Waals surface area contributed by atoms with Crippen molar-refractivity contribution in [2.45, 2.75) is 0 Å². The molecule has 14 rings (SSSR count). The van der Waals surface area contributed by atoms with Crippen LogP contribution in [0.25, 0.3) is 52.9 Å². The van der Waals surface area contributed by atoms with Crippen molar-refractivity contribution in [1.29, 1.82) is 0 Å². The van der Waals surface area contributed by atoms with Crippen LogP contribution in [0.1, 0.15) is 0 Å². The van der Waals surface area contributed by atoms with Crippen LogP contribution >= 0.6 is 22.7 Å². The maximum absolute atomic E-state index is 5.62. The SMILES string of the molecule is COc1ccc(N(c2ccc(OC)cc2)c2ccc(-c3cc(-c4cc(-c5ccc(N(c6ccc(OC)cc6)c6ccc(OC)cc6)cc5)sc4-c4ccc(N(c5ccc(OC)cc5)c5ccc(OC)cc5)cc4)c(-c4ccc(N(c5ccc(OC)cc5)c5ccc(OC)cc5)cc4)s3)cc2)cc1. The zero-order valence-corrected chi connectivity index (χ0v) is 59.4. The molecule has 2 aromatic heterocycles. The zero-order chi connectivity index (χ0) is 70.1. The second-order valence-electron chi connectivity index (χ2n) is 23.8. The summed E-state index contributed by atoms with van der Waals surface area (Å²) >= 11 is 3.58. The summed E-state index contributed by atoms with van der Waals surface area (Å²) in [5.74, 6) is 6.24. The van der Waals surface area contributed by atoms with Gasteiger partial charge in [0.1, 0.15) is 46.0 Å². The predicted octanol–water partition coefficient (Wildman–Crippen LogP) is 24.1. The average Bonchev–Trinajstić information content (AvgIpc) is 1.54. The maximum Gasteiger partial charge on any atom is 0.119 e. The molecule has 14 heteroatoms. The molecule has 0 saturated carbocycles. The molecular formula is C88H74N4O8S2. The largest absolute Gasteiger partial charge is 0.497 e. The first-order chi connectivity index (χ1) is 50.1. The van der Waals surface area contributed by atoms with Gasteiger partial charge in [-0.1, -0.05) is 48.5 Å². The van der Waals surface area contributed by atoms with Gasteiger partial charge in [-0.3, -0.25) is 0 Å². The number of hydrogen-bond donors (Lipinski definition) is 0. The lowest BCUT2D eigenvalue weighted by Crippen LogP contribution is -2.09. The van der Waals surface area contributed by atoms with Crippen molar-refractivity contribution in [2.24, 2.45) is 0 Å². The van der Waals surface area contributed by atoms with E-state index in [1.165, 1.54) is 0 Å². The van der Waals surface area contributed by atoms with Crippen LogP contribution in [0.2, 0.25) is 0 Å². The Morgan fingerprint density at radius 1 is 0.176 bits per heavy atom. The van der Waals surface area contributed by atoms with Crippen LogP contribution in [0.15, 0.2) is 303 Å². The van der Waals surface area contributed by atoms with Crippen LogP contribution in [-0.4, -0.2) is 56.9 Å². The Morgan fingerprint density at radius 3 is 0.461 bits per heavy atom. The third-order valence-corrected chi connectivity index (χ3v) is 20.5. The van der Waals surface area contributed by atoms with E-state index in [2.05, 4.69) is 226 Å². The van der Waals surface area contributed by atoms with E-state index in [-0.39, 0.29) is 0 Å². The normalized spacial score (nSPS) is 10.9. The van der Waals surface area contributed by atoms with Gasteiger partial charge in [-0.15, -0.1) is 22.7 Å². The van der Waals surface area contributed by atoms with Gasteiger partial charge in [0.05, 0.1) is 56.9 Å². The van der Waals surface area contributed by atoms with E-state index < -0.39 is 0 Å². The Bertz CT molecular complexity index is 4560. The number of nitrogens with zero attached hydrogens (tertiary/aromatic N) is 4. The molecule has 102 heavy (non-hydrogen) atoms. The van der Waals surface area contributed by atoms with Gasteiger partial charge in [0.15, 0.2) is 0 Å². The molecule has 2 heterocycles. The molecule has 0 fully saturated rings. The summed E-state index contributed by atoms with van der Waals surface area (Å²) in [5.41, 5.74) is 18.3. The lowest BCUT2D eigenvalue weighted by molar-refractivity contribution is 0.414. The monoisotopic (exact) mass is 1380 g/mol. The Kier molecular flexibility index (Phi) is 19.9. The van der Waals surface area contributed by atoms with Gasteiger partial charge in [-0.25, -0.2) is 0 Å². The van der Waals surface area contributed by atoms with Crippen LogP contribution in [0, 0.1) is 0 Å². The zero-order valence-electron chi connectivity index (χ0n) is 57.7. The molecule has 0 spiro atoms. The van der Waals surface area contributed by atoms with E-state index in [9.17, 15) is 0 Å². The van der Waals surface area contributed by atoms with Crippen molar-refractivity contribution in [2.75, 3.05) is 76.5 Å². The minimum atomic E-state index is 0.778. The van der Waals surface area contributed by atoms with E-state index in [0.717, 1.165) is 167 Å². The van der Waals surface area contributed by atoms with Crippen LogP contribution in [0.4, 0.5) is 68.2 Å². The van der Waals surface area contributed by atoms with Gasteiger partial charge < -0.3 is 57.5 Å². The van der Waals surface area contributed by atoms with Crippen LogP contribution in [0.3, 0.4) is 0 Å². The molecule has 0 aliphatic heterocycles. The number of hydrogen-bond acceptors (Lipinski definition) is 14. The van der Waals surface area contributed by atoms with Crippen molar-refractivity contribution in [3.05, 3.63) is 303 Å². The number of thiophene rings is 2. The summed E-state index contributed by atoms with van der Waals surface area (Å²) in [7, 11) is 13.5. The molecule has 14 aromatic rings. The van der Waals surface area contributed by atoms with Gasteiger partial charge in [0.2, 0.25) is 0 Å². The Morgan fingerprint density at radius 2 is 0.314 bits per heavy atom. The summed E-state index contributed by atoms with van der Waals surface area (Å²) in [5, 5.41) is 0. The molecule has 0 amide bonds. The Labute approximate surface area is 603 Å². The smallest absolute Gasteiger partial charge is 0.119 e. The molecule has 0 saturated heterocycles. The van der Waals surface area contributed by atoms with Crippen molar-refractivity contribution in [3.8, 4) is 98.9 Å². The van der Waals surface area contributed by atoms with Crippen molar-refractivity contribution in [3.63, 3.8) is 0 Å². The highest BCUT2D eigenvalue weighted by atomic mass is 32.1. The molecule has 0 aliphatic carbocycles. The van der Waals surface area contributed by atoms with Crippen molar-refractivity contribution < 1.29 is 37.9 Å². The number of ether oxygens (including phenoxy) is 8. The molecule has 0 atom stereocenters. The van der Waals surface area contributed by atoms with Crippen LogP contribution in [0.5, 0.6) is 46.0 Å². The molecule has 506 valence electrons. The van der Waals surface area contributed by atoms with Crippen molar-refractivity contribution in [1.82, 2.24) is 0 Å². The maximum atomic E-state index is 5.62. The fraction of sp³-hybridized carbons (Fsp3) is 0.0909. The number of rotatable bonds is 25. The lowest BCUT2D eigenvalue weighted by Gasteiger charge is -2.26. The second kappa shape index (κ2) is 30.4. The highest BCUT2D eigenvalue weighted by molar-refractivity contribution is 7.20. The highest BCUT2D eigenvalue weighted by Gasteiger charge is 2.25. The van der Waals surface area contributed by atoms with Gasteiger partial charge in [-0.05, 0) is 277 Å². The molecule has 0 N–H and O–H groups in total. The van der Waals surface area contributed by atoms with Crippen LogP contribution in [-0.2, 0) is 0 Å². The lowest BCUT2D eigenvalue weighted by atomic mass is 9.98. The summed E-state index contributed by atoms with van der Waals surface area (Å²) in [6.07, 6.45) is 0. The van der Waals surface area contributed by atoms with Crippen LogP contribution < -0.4 is 57.5 Å².